The monoisotopic (exact) mass is 328 g/mol. The lowest BCUT2D eigenvalue weighted by Crippen LogP contribution is -2.43. The van der Waals surface area contributed by atoms with E-state index < -0.39 is 11.8 Å². The summed E-state index contributed by atoms with van der Waals surface area (Å²) in [6, 6.07) is 0. The molecule has 0 radical (unpaired) electrons. The molecule has 23 heavy (non-hydrogen) atoms. The maximum atomic E-state index is 11.4. The molecule has 0 aliphatic carbocycles. The second-order valence-electron chi connectivity index (χ2n) is 6.97. The van der Waals surface area contributed by atoms with Gasteiger partial charge in [0, 0.05) is 0 Å². The molecule has 0 aliphatic rings. The summed E-state index contributed by atoms with van der Waals surface area (Å²) in [5.41, 5.74) is -0.458. The number of carbonyl (C=O) groups is 1. The zero-order valence-electron chi connectivity index (χ0n) is 16.0. The molecule has 0 saturated heterocycles. The molecular weight excluding hydrogens is 288 g/mol. The summed E-state index contributed by atoms with van der Waals surface area (Å²) in [6.07, 6.45) is 13.1. The minimum atomic E-state index is -1.09. The number of ether oxygens (including phenoxy) is 1. The van der Waals surface area contributed by atoms with E-state index in [0.29, 0.717) is 5.92 Å². The molecule has 1 N–H and O–H groups in total. The molecule has 0 aromatic rings. The molecule has 0 heterocycles. The number of rotatable bonds is 15. The maximum absolute atomic E-state index is 11.4. The van der Waals surface area contributed by atoms with Crippen LogP contribution in [0.4, 0.5) is 4.79 Å². The Morgan fingerprint density at radius 3 is 1.74 bits per heavy atom. The van der Waals surface area contributed by atoms with Gasteiger partial charge in [-0.25, -0.2) is 4.79 Å². The molecule has 0 aromatic heterocycles. The Morgan fingerprint density at radius 2 is 1.30 bits per heavy atom. The number of unbranched alkanes of at least 4 members (excludes halogenated alkanes) is 5. The maximum Gasteiger partial charge on any atom is 0.506 e. The second-order valence-corrected chi connectivity index (χ2v) is 6.97. The largest absolute Gasteiger partial charge is 0.506 e. The predicted molar refractivity (Wildman–Crippen MR) is 98.0 cm³/mol. The number of hydrogen-bond donors (Lipinski definition) is 1. The highest BCUT2D eigenvalue weighted by molar-refractivity contribution is 5.57. The van der Waals surface area contributed by atoms with E-state index in [-0.39, 0.29) is 0 Å². The minimum absolute atomic E-state index is 0.378. The Hall–Kier alpha value is -0.730. The van der Waals surface area contributed by atoms with Crippen LogP contribution in [0.25, 0.3) is 0 Å². The smallest absolute Gasteiger partial charge is 0.450 e. The van der Waals surface area contributed by atoms with Crippen LogP contribution in [-0.4, -0.2) is 16.9 Å². The molecule has 0 spiro atoms. The van der Waals surface area contributed by atoms with Crippen molar-refractivity contribution in [2.24, 2.45) is 5.92 Å². The zero-order valence-corrected chi connectivity index (χ0v) is 16.0. The first-order valence-corrected chi connectivity index (χ1v) is 9.98. The van der Waals surface area contributed by atoms with Gasteiger partial charge in [-0.05, 0) is 44.4 Å². The van der Waals surface area contributed by atoms with Gasteiger partial charge in [0.15, 0.2) is 0 Å². The van der Waals surface area contributed by atoms with E-state index in [1.165, 1.54) is 25.7 Å². The van der Waals surface area contributed by atoms with Crippen molar-refractivity contribution in [2.75, 3.05) is 0 Å². The number of hydrogen-bond acceptors (Lipinski definition) is 2. The SMILES string of the molecule is CCCCCC(CCCC)C(CCCC)(CCCC)OC(=O)O. The van der Waals surface area contributed by atoms with E-state index in [2.05, 4.69) is 27.7 Å². The third-order valence-electron chi connectivity index (χ3n) is 5.00. The van der Waals surface area contributed by atoms with Crippen LogP contribution in [0.1, 0.15) is 111 Å². The first kappa shape index (κ1) is 22.3. The molecule has 3 nitrogen and oxygen atoms in total. The van der Waals surface area contributed by atoms with Crippen molar-refractivity contribution in [3.63, 3.8) is 0 Å². The average Bonchev–Trinajstić information content (AvgIpc) is 2.53. The van der Waals surface area contributed by atoms with Gasteiger partial charge in [0.1, 0.15) is 5.60 Å². The fourth-order valence-corrected chi connectivity index (χ4v) is 3.61. The van der Waals surface area contributed by atoms with Crippen molar-refractivity contribution >= 4 is 6.16 Å². The van der Waals surface area contributed by atoms with Crippen LogP contribution in [0.3, 0.4) is 0 Å². The van der Waals surface area contributed by atoms with Gasteiger partial charge in [0.2, 0.25) is 0 Å². The summed E-state index contributed by atoms with van der Waals surface area (Å²) in [7, 11) is 0. The molecule has 0 saturated carbocycles. The third kappa shape index (κ3) is 9.22. The Kier molecular flexibility index (Phi) is 13.3. The summed E-state index contributed by atoms with van der Waals surface area (Å²) in [5, 5.41) is 9.37. The summed E-state index contributed by atoms with van der Waals surface area (Å²) in [5.74, 6) is 0.378. The normalized spacial score (nSPS) is 13.0. The first-order valence-electron chi connectivity index (χ1n) is 9.98. The van der Waals surface area contributed by atoms with Crippen LogP contribution in [0.15, 0.2) is 0 Å². The van der Waals surface area contributed by atoms with Crippen LogP contribution >= 0.6 is 0 Å². The van der Waals surface area contributed by atoms with Gasteiger partial charge in [-0.15, -0.1) is 0 Å². The molecule has 138 valence electrons. The van der Waals surface area contributed by atoms with Crippen LogP contribution in [0.2, 0.25) is 0 Å². The molecule has 0 aliphatic heterocycles. The third-order valence-corrected chi connectivity index (χ3v) is 5.00. The lowest BCUT2D eigenvalue weighted by Gasteiger charge is -2.40. The van der Waals surface area contributed by atoms with Crippen molar-refractivity contribution in [3.8, 4) is 0 Å². The van der Waals surface area contributed by atoms with Gasteiger partial charge in [0.05, 0.1) is 0 Å². The predicted octanol–water partition coefficient (Wildman–Crippen LogP) is 7.19. The van der Waals surface area contributed by atoms with Crippen molar-refractivity contribution < 1.29 is 14.6 Å². The Bertz CT molecular complexity index is 281. The highest BCUT2D eigenvalue weighted by atomic mass is 16.7. The first-order chi connectivity index (χ1) is 11.1. The van der Waals surface area contributed by atoms with E-state index in [4.69, 9.17) is 4.74 Å². The molecule has 1 atom stereocenters. The highest BCUT2D eigenvalue weighted by Crippen LogP contribution is 2.39. The van der Waals surface area contributed by atoms with Gasteiger partial charge in [-0.3, -0.25) is 0 Å². The fraction of sp³-hybridized carbons (Fsp3) is 0.950. The van der Waals surface area contributed by atoms with Crippen LogP contribution in [0.5, 0.6) is 0 Å². The summed E-state index contributed by atoms with van der Waals surface area (Å²) >= 11 is 0. The quantitative estimate of drug-likeness (QED) is 0.255. The minimum Gasteiger partial charge on any atom is -0.450 e. The van der Waals surface area contributed by atoms with E-state index in [1.54, 1.807) is 0 Å². The highest BCUT2D eigenvalue weighted by Gasteiger charge is 2.40. The molecule has 1 unspecified atom stereocenters. The van der Waals surface area contributed by atoms with Crippen LogP contribution in [-0.2, 0) is 4.74 Å². The van der Waals surface area contributed by atoms with Crippen molar-refractivity contribution in [3.05, 3.63) is 0 Å². The van der Waals surface area contributed by atoms with Crippen LogP contribution in [0, 0.1) is 5.92 Å². The molecule has 0 rings (SSSR count). The van der Waals surface area contributed by atoms with Crippen molar-refractivity contribution in [1.29, 1.82) is 0 Å². The second kappa shape index (κ2) is 13.7. The van der Waals surface area contributed by atoms with Gasteiger partial charge in [0.25, 0.3) is 0 Å². The average molecular weight is 329 g/mol. The Labute approximate surface area is 144 Å². The van der Waals surface area contributed by atoms with Gasteiger partial charge >= 0.3 is 6.16 Å². The topological polar surface area (TPSA) is 46.5 Å². The molecular formula is C20H40O3. The number of carboxylic acid groups (broad SMARTS) is 1. The molecule has 3 heteroatoms. The van der Waals surface area contributed by atoms with Gasteiger partial charge < -0.3 is 9.84 Å². The Morgan fingerprint density at radius 1 is 0.826 bits per heavy atom. The summed E-state index contributed by atoms with van der Waals surface area (Å²) < 4.78 is 5.65. The van der Waals surface area contributed by atoms with E-state index in [9.17, 15) is 9.90 Å². The molecule has 0 aromatic carbocycles. The zero-order chi connectivity index (χ0) is 17.6. The van der Waals surface area contributed by atoms with Crippen molar-refractivity contribution in [2.45, 2.75) is 117 Å². The molecule has 0 bridgehead atoms. The van der Waals surface area contributed by atoms with Crippen LogP contribution < -0.4 is 0 Å². The summed E-state index contributed by atoms with van der Waals surface area (Å²) in [4.78, 5) is 11.4. The van der Waals surface area contributed by atoms with Gasteiger partial charge in [-0.2, -0.15) is 0 Å². The van der Waals surface area contributed by atoms with Gasteiger partial charge in [-0.1, -0.05) is 72.6 Å². The van der Waals surface area contributed by atoms with Crippen molar-refractivity contribution in [1.82, 2.24) is 0 Å². The Balaban J connectivity index is 5.27. The summed E-state index contributed by atoms with van der Waals surface area (Å²) in [6.45, 7) is 8.77. The standard InChI is InChI=1S/C20H40O3/c1-5-9-13-15-18(14-10-6-2)20(16-11-7-3,17-12-8-4)23-19(21)22/h18H,5-17H2,1-4H3,(H,21,22). The lowest BCUT2D eigenvalue weighted by molar-refractivity contribution is -0.0763. The molecule has 0 amide bonds. The van der Waals surface area contributed by atoms with E-state index >= 15 is 0 Å². The van der Waals surface area contributed by atoms with E-state index in [1.807, 2.05) is 0 Å². The fourth-order valence-electron chi connectivity index (χ4n) is 3.61. The van der Waals surface area contributed by atoms with E-state index in [0.717, 1.165) is 57.8 Å². The lowest BCUT2D eigenvalue weighted by atomic mass is 9.74. The molecule has 0 fully saturated rings.